The van der Waals surface area contributed by atoms with Crippen LogP contribution in [-0.4, -0.2) is 32.5 Å². The van der Waals surface area contributed by atoms with E-state index in [2.05, 4.69) is 57.4 Å². The van der Waals surface area contributed by atoms with Crippen molar-refractivity contribution in [2.24, 2.45) is 0 Å². The Labute approximate surface area is 213 Å². The zero-order valence-corrected chi connectivity index (χ0v) is 23.7. The normalized spacial score (nSPS) is 22.5. The van der Waals surface area contributed by atoms with Crippen LogP contribution in [0.2, 0.25) is 18.1 Å². The van der Waals surface area contributed by atoms with Crippen molar-refractivity contribution in [3.8, 4) is 11.5 Å². The van der Waals surface area contributed by atoms with Gasteiger partial charge in [-0.05, 0) is 69.3 Å². The number of phenolic OH excluding ortho intramolecular Hbond substituents is 1. The van der Waals surface area contributed by atoms with Crippen LogP contribution in [0.4, 0.5) is 5.69 Å². The van der Waals surface area contributed by atoms with Crippen LogP contribution >= 0.6 is 0 Å². The summed E-state index contributed by atoms with van der Waals surface area (Å²) in [5.74, 6) is 0.414. The molecule has 1 atom stereocenters. The number of nitrogens with one attached hydrogen (secondary N) is 1. The van der Waals surface area contributed by atoms with Crippen LogP contribution in [0.1, 0.15) is 71.8 Å². The average molecular weight is 500 g/mol. The minimum Gasteiger partial charge on any atom is -0.505 e. The highest BCUT2D eigenvalue weighted by Gasteiger charge is 2.38. The third-order valence-electron chi connectivity index (χ3n) is 7.10. The number of methoxy groups -OCH3 is 1. The highest BCUT2D eigenvalue weighted by molar-refractivity contribution is 6.74. The molecule has 1 aromatic carbocycles. The van der Waals surface area contributed by atoms with Gasteiger partial charge in [-0.15, -0.1) is 0 Å². The number of aromatic hydroxyl groups is 1. The van der Waals surface area contributed by atoms with Crippen molar-refractivity contribution < 1.29 is 19.1 Å². The van der Waals surface area contributed by atoms with Gasteiger partial charge in [0.25, 0.3) is 5.91 Å². The first kappa shape index (κ1) is 28.9. The standard InChI is InChI=1S/C29H45NO4Si/c1-22-16-14-15-18-23(34-35(6,7)29(2,3)4)17-12-10-8-9-11-13-19-24-26(33-5)21-20-25(27(24)31)30-28(22)32/h11,13-16,20-21,23,31H,8-10,12,17-19H2,1-7H3,(H,30,32)/b13-11+,15-14+,22-16+/t23-/m0/s1. The van der Waals surface area contributed by atoms with Crippen molar-refractivity contribution in [1.29, 1.82) is 0 Å². The number of hydrogen-bond acceptors (Lipinski definition) is 4. The van der Waals surface area contributed by atoms with Crippen molar-refractivity contribution >= 4 is 19.9 Å². The van der Waals surface area contributed by atoms with E-state index >= 15 is 0 Å². The predicted octanol–water partition coefficient (Wildman–Crippen LogP) is 7.69. The maximum Gasteiger partial charge on any atom is 0.251 e. The second-order valence-corrected chi connectivity index (χ2v) is 15.7. The molecule has 2 bridgehead atoms. The van der Waals surface area contributed by atoms with E-state index in [9.17, 15) is 9.90 Å². The smallest absolute Gasteiger partial charge is 0.251 e. The maximum absolute atomic E-state index is 12.7. The molecular weight excluding hydrogens is 454 g/mol. The van der Waals surface area contributed by atoms with Gasteiger partial charge in [0.05, 0.1) is 12.8 Å². The maximum atomic E-state index is 12.7. The lowest BCUT2D eigenvalue weighted by atomic mass is 10.1. The Morgan fingerprint density at radius 2 is 1.83 bits per heavy atom. The molecule has 0 saturated carbocycles. The number of anilines is 1. The molecule has 0 saturated heterocycles. The Kier molecular flexibility index (Phi) is 10.8. The van der Waals surface area contributed by atoms with Crippen molar-refractivity contribution in [2.45, 2.75) is 96.9 Å². The molecule has 194 valence electrons. The topological polar surface area (TPSA) is 67.8 Å². The number of hydrogen-bond donors (Lipinski definition) is 2. The molecule has 0 fully saturated rings. The van der Waals surface area contributed by atoms with Crippen molar-refractivity contribution in [3.63, 3.8) is 0 Å². The molecule has 1 aliphatic rings. The van der Waals surface area contributed by atoms with Crippen LogP contribution in [0.5, 0.6) is 11.5 Å². The number of rotatable bonds is 3. The molecule has 5 nitrogen and oxygen atoms in total. The average Bonchev–Trinajstić information content (AvgIpc) is 2.78. The van der Waals surface area contributed by atoms with Gasteiger partial charge < -0.3 is 19.6 Å². The van der Waals surface area contributed by atoms with Gasteiger partial charge in [-0.1, -0.05) is 64.0 Å². The van der Waals surface area contributed by atoms with Gasteiger partial charge in [0, 0.05) is 17.2 Å². The van der Waals surface area contributed by atoms with Crippen LogP contribution in [0.15, 0.2) is 48.1 Å². The Morgan fingerprint density at radius 3 is 2.51 bits per heavy atom. The molecule has 2 rings (SSSR count). The molecule has 1 aromatic rings. The number of ether oxygens (including phenoxy) is 1. The molecule has 6 heteroatoms. The quantitative estimate of drug-likeness (QED) is 0.254. The van der Waals surface area contributed by atoms with Gasteiger partial charge in [0.1, 0.15) is 11.5 Å². The lowest BCUT2D eigenvalue weighted by Gasteiger charge is -2.39. The second-order valence-electron chi connectivity index (χ2n) is 10.9. The molecule has 2 N–H and O–H groups in total. The number of phenols is 1. The van der Waals surface area contributed by atoms with Gasteiger partial charge in [-0.2, -0.15) is 0 Å². The SMILES string of the molecule is COc1ccc2c(O)c1C/C=C/CCCCC[C@H](O[Si](C)(C)C(C)(C)C)C/C=C/C=C(\C)C(=O)N2. The summed E-state index contributed by atoms with van der Waals surface area (Å²) in [5, 5.41) is 13.8. The van der Waals surface area contributed by atoms with E-state index in [0.29, 0.717) is 29.0 Å². The van der Waals surface area contributed by atoms with Crippen LogP contribution in [-0.2, 0) is 15.6 Å². The third kappa shape index (κ3) is 8.69. The molecule has 1 amide bonds. The molecule has 0 radical (unpaired) electrons. The number of fused-ring (bicyclic) bond motifs is 2. The molecule has 0 aliphatic carbocycles. The minimum atomic E-state index is -1.86. The molecule has 1 aliphatic heterocycles. The first-order valence-corrected chi connectivity index (χ1v) is 15.7. The van der Waals surface area contributed by atoms with Gasteiger partial charge in [0.2, 0.25) is 0 Å². The van der Waals surface area contributed by atoms with E-state index in [1.54, 1.807) is 26.2 Å². The number of carbonyl (C=O) groups is 1. The molecule has 0 spiro atoms. The number of amides is 1. The van der Waals surface area contributed by atoms with Gasteiger partial charge in [0.15, 0.2) is 8.32 Å². The van der Waals surface area contributed by atoms with Gasteiger partial charge >= 0.3 is 0 Å². The molecule has 0 aromatic heterocycles. The Bertz CT molecular complexity index is 941. The summed E-state index contributed by atoms with van der Waals surface area (Å²) in [4.78, 5) is 12.7. The summed E-state index contributed by atoms with van der Waals surface area (Å²) >= 11 is 0. The summed E-state index contributed by atoms with van der Waals surface area (Å²) in [6.07, 6.45) is 17.1. The lowest BCUT2D eigenvalue weighted by molar-refractivity contribution is -0.112. The summed E-state index contributed by atoms with van der Waals surface area (Å²) in [5.41, 5.74) is 1.63. The van der Waals surface area contributed by atoms with Crippen LogP contribution < -0.4 is 10.1 Å². The van der Waals surface area contributed by atoms with E-state index in [1.165, 1.54) is 0 Å². The molecule has 0 unspecified atom stereocenters. The summed E-state index contributed by atoms with van der Waals surface area (Å²) in [6, 6.07) is 3.45. The highest BCUT2D eigenvalue weighted by Crippen LogP contribution is 2.38. The highest BCUT2D eigenvalue weighted by atomic mass is 28.4. The fourth-order valence-corrected chi connectivity index (χ4v) is 5.20. The molecule has 35 heavy (non-hydrogen) atoms. The van der Waals surface area contributed by atoms with Crippen LogP contribution in [0, 0.1) is 0 Å². The summed E-state index contributed by atoms with van der Waals surface area (Å²) < 4.78 is 12.2. The lowest BCUT2D eigenvalue weighted by Crippen LogP contribution is -2.43. The van der Waals surface area contributed by atoms with Crippen LogP contribution in [0.3, 0.4) is 0 Å². The zero-order valence-electron chi connectivity index (χ0n) is 22.7. The Hall–Kier alpha value is -2.31. The largest absolute Gasteiger partial charge is 0.505 e. The third-order valence-corrected chi connectivity index (χ3v) is 11.6. The van der Waals surface area contributed by atoms with Crippen LogP contribution in [0.25, 0.3) is 0 Å². The number of carbonyl (C=O) groups excluding carboxylic acids is 1. The number of allylic oxidation sites excluding steroid dienone is 4. The molecular formula is C29H45NO4Si. The van der Waals surface area contributed by atoms with E-state index in [-0.39, 0.29) is 22.8 Å². The zero-order chi connectivity index (χ0) is 26.1. The fraction of sp³-hybridized carbons (Fsp3) is 0.552. The monoisotopic (exact) mass is 499 g/mol. The van der Waals surface area contributed by atoms with Gasteiger partial charge in [-0.3, -0.25) is 4.79 Å². The van der Waals surface area contributed by atoms with E-state index in [1.807, 2.05) is 12.2 Å². The Balaban J connectivity index is 2.24. The predicted molar refractivity (Wildman–Crippen MR) is 149 cm³/mol. The van der Waals surface area contributed by atoms with Gasteiger partial charge in [-0.25, -0.2) is 0 Å². The first-order valence-electron chi connectivity index (χ1n) is 12.8. The summed E-state index contributed by atoms with van der Waals surface area (Å²) in [6.45, 7) is 13.2. The summed E-state index contributed by atoms with van der Waals surface area (Å²) in [7, 11) is -0.274. The fourth-order valence-electron chi connectivity index (χ4n) is 3.79. The number of benzene rings is 1. The van der Waals surface area contributed by atoms with E-state index in [4.69, 9.17) is 9.16 Å². The van der Waals surface area contributed by atoms with E-state index in [0.717, 1.165) is 38.5 Å². The second kappa shape index (κ2) is 13.1. The minimum absolute atomic E-state index is 0.0502. The first-order chi connectivity index (χ1) is 16.5. The Morgan fingerprint density at radius 1 is 1.09 bits per heavy atom. The van der Waals surface area contributed by atoms with Crippen molar-refractivity contribution in [3.05, 3.63) is 53.6 Å². The molecule has 1 heterocycles. The van der Waals surface area contributed by atoms with E-state index < -0.39 is 8.32 Å². The van der Waals surface area contributed by atoms with Crippen molar-refractivity contribution in [1.82, 2.24) is 0 Å². The van der Waals surface area contributed by atoms with Crippen molar-refractivity contribution in [2.75, 3.05) is 12.4 Å².